The fourth-order valence-electron chi connectivity index (χ4n) is 5.39. The molecule has 0 aromatic carbocycles. The van der Waals surface area contributed by atoms with Crippen LogP contribution in [0.3, 0.4) is 0 Å². The normalized spacial score (nSPS) is 22.1. The molecule has 0 bridgehead atoms. The van der Waals surface area contributed by atoms with Crippen molar-refractivity contribution in [2.75, 3.05) is 49.7 Å². The lowest BCUT2D eigenvalue weighted by Crippen LogP contribution is -2.57. The Morgan fingerprint density at radius 3 is 2.71 bits per heavy atom. The van der Waals surface area contributed by atoms with Crippen molar-refractivity contribution in [3.05, 3.63) is 30.2 Å². The minimum atomic E-state index is -4.45. The van der Waals surface area contributed by atoms with Gasteiger partial charge in [0.1, 0.15) is 11.1 Å². The van der Waals surface area contributed by atoms with Gasteiger partial charge in [0.15, 0.2) is 11.9 Å². The fourth-order valence-corrected chi connectivity index (χ4v) is 5.39. The van der Waals surface area contributed by atoms with Crippen LogP contribution in [0.15, 0.2) is 24.5 Å². The largest absolute Gasteiger partial charge is 0.479 e. The third-order valence-electron chi connectivity index (χ3n) is 7.20. The van der Waals surface area contributed by atoms with E-state index in [0.29, 0.717) is 42.9 Å². The number of hydrogen-bond acceptors (Lipinski definition) is 8. The third-order valence-corrected chi connectivity index (χ3v) is 7.20. The monoisotopic (exact) mass is 489 g/mol. The Kier molecular flexibility index (Phi) is 5.24. The summed E-state index contributed by atoms with van der Waals surface area (Å²) in [5.74, 6) is 1.10. The number of nitrogens with zero attached hydrogens (tertiary/aromatic N) is 7. The summed E-state index contributed by atoms with van der Waals surface area (Å²) in [6.07, 6.45) is 2.25. The molecular weight excluding hydrogens is 463 g/mol. The lowest BCUT2D eigenvalue weighted by molar-refractivity contribution is -0.141. The summed E-state index contributed by atoms with van der Waals surface area (Å²) in [6.45, 7) is 3.61. The van der Waals surface area contributed by atoms with Crippen LogP contribution >= 0.6 is 0 Å². The smallest absolute Gasteiger partial charge is 0.433 e. The molecule has 35 heavy (non-hydrogen) atoms. The molecule has 186 valence electrons. The maximum atomic E-state index is 13.0. The number of methoxy groups -OCH3 is 1. The third kappa shape index (κ3) is 3.93. The Bertz CT molecular complexity index is 1240. The molecule has 3 aliphatic heterocycles. The lowest BCUT2D eigenvalue weighted by atomic mass is 9.79. The molecule has 0 N–H and O–H groups in total. The van der Waals surface area contributed by atoms with E-state index < -0.39 is 11.9 Å². The number of hydrogen-bond donors (Lipinski definition) is 0. The quantitative estimate of drug-likeness (QED) is 0.549. The maximum absolute atomic E-state index is 13.0. The van der Waals surface area contributed by atoms with Crippen LogP contribution in [0.4, 0.5) is 24.8 Å². The van der Waals surface area contributed by atoms with Crippen molar-refractivity contribution in [3.63, 3.8) is 0 Å². The molecule has 0 amide bonds. The first-order valence-electron chi connectivity index (χ1n) is 11.8. The van der Waals surface area contributed by atoms with Crippen molar-refractivity contribution in [1.29, 1.82) is 0 Å². The minimum Gasteiger partial charge on any atom is -0.479 e. The van der Waals surface area contributed by atoms with Crippen LogP contribution in [0.2, 0.25) is 0 Å². The van der Waals surface area contributed by atoms with Crippen molar-refractivity contribution < 1.29 is 22.6 Å². The first-order chi connectivity index (χ1) is 16.9. The van der Waals surface area contributed by atoms with Gasteiger partial charge in [0.25, 0.3) is 0 Å². The predicted molar refractivity (Wildman–Crippen MR) is 121 cm³/mol. The van der Waals surface area contributed by atoms with Crippen molar-refractivity contribution in [1.82, 2.24) is 24.7 Å². The molecule has 3 aromatic rings. The Morgan fingerprint density at radius 1 is 1.14 bits per heavy atom. The van der Waals surface area contributed by atoms with Gasteiger partial charge in [-0.1, -0.05) is 0 Å². The van der Waals surface area contributed by atoms with Gasteiger partial charge in [-0.05, 0) is 37.8 Å². The number of rotatable bonds is 4. The summed E-state index contributed by atoms with van der Waals surface area (Å²) < 4.78 is 52.3. The standard InChI is InChI=1S/C23H26F3N7O2/c1-34-20-16-11-28-21(29-19(16)33(30-20)18-4-2-3-9-35-18)31-8-6-22(12-31)13-32(14-22)15-5-7-27-17(10-15)23(24,25)26/h5,7,10-11,18H,2-4,6,8-9,12-14H2,1H3. The molecule has 0 radical (unpaired) electrons. The van der Waals surface area contributed by atoms with Gasteiger partial charge in [0.05, 0.1) is 7.11 Å². The van der Waals surface area contributed by atoms with E-state index in [0.717, 1.165) is 50.2 Å². The molecule has 0 saturated carbocycles. The van der Waals surface area contributed by atoms with E-state index in [9.17, 15) is 13.2 Å². The maximum Gasteiger partial charge on any atom is 0.433 e. The van der Waals surface area contributed by atoms with Gasteiger partial charge in [-0.2, -0.15) is 18.2 Å². The van der Waals surface area contributed by atoms with Gasteiger partial charge in [-0.25, -0.2) is 9.67 Å². The Labute approximate surface area is 199 Å². The van der Waals surface area contributed by atoms with Gasteiger partial charge >= 0.3 is 6.18 Å². The van der Waals surface area contributed by atoms with E-state index in [2.05, 4.69) is 20.0 Å². The molecule has 3 saturated heterocycles. The van der Waals surface area contributed by atoms with Crippen LogP contribution in [0, 0.1) is 5.41 Å². The highest BCUT2D eigenvalue weighted by Gasteiger charge is 2.48. The van der Waals surface area contributed by atoms with E-state index in [-0.39, 0.29) is 11.6 Å². The molecule has 3 fully saturated rings. The average Bonchev–Trinajstić information content (AvgIpc) is 3.45. The molecular formula is C23H26F3N7O2. The van der Waals surface area contributed by atoms with Crippen LogP contribution in [-0.2, 0) is 10.9 Å². The number of ether oxygens (including phenoxy) is 2. The molecule has 1 atom stereocenters. The van der Waals surface area contributed by atoms with Crippen molar-refractivity contribution in [3.8, 4) is 5.88 Å². The van der Waals surface area contributed by atoms with Gasteiger partial charge in [-0.15, -0.1) is 5.10 Å². The van der Waals surface area contributed by atoms with Crippen LogP contribution in [-0.4, -0.2) is 64.6 Å². The predicted octanol–water partition coefficient (Wildman–Crippen LogP) is 3.66. The van der Waals surface area contributed by atoms with Crippen LogP contribution in [0.25, 0.3) is 11.0 Å². The molecule has 3 aliphatic rings. The number of aromatic nitrogens is 5. The molecule has 9 nitrogen and oxygen atoms in total. The van der Waals surface area contributed by atoms with E-state index in [1.165, 1.54) is 6.20 Å². The molecule has 1 spiro atoms. The first kappa shape index (κ1) is 22.3. The number of pyridine rings is 1. The van der Waals surface area contributed by atoms with Gasteiger partial charge < -0.3 is 19.3 Å². The van der Waals surface area contributed by atoms with Crippen molar-refractivity contribution in [2.45, 2.75) is 38.1 Å². The highest BCUT2D eigenvalue weighted by Crippen LogP contribution is 2.43. The number of anilines is 2. The second kappa shape index (κ2) is 8.21. The Morgan fingerprint density at radius 2 is 1.97 bits per heavy atom. The summed E-state index contributed by atoms with van der Waals surface area (Å²) in [5, 5.41) is 5.32. The second-order valence-corrected chi connectivity index (χ2v) is 9.61. The van der Waals surface area contributed by atoms with Crippen LogP contribution < -0.4 is 14.5 Å². The van der Waals surface area contributed by atoms with Crippen molar-refractivity contribution in [2.24, 2.45) is 5.41 Å². The zero-order valence-corrected chi connectivity index (χ0v) is 19.3. The van der Waals surface area contributed by atoms with E-state index in [4.69, 9.17) is 14.5 Å². The summed E-state index contributed by atoms with van der Waals surface area (Å²) in [4.78, 5) is 17.0. The second-order valence-electron chi connectivity index (χ2n) is 9.61. The Hall–Kier alpha value is -3.15. The zero-order chi connectivity index (χ0) is 24.2. The zero-order valence-electron chi connectivity index (χ0n) is 19.3. The summed E-state index contributed by atoms with van der Waals surface area (Å²) in [5.41, 5.74) is 0.383. The molecule has 6 heterocycles. The van der Waals surface area contributed by atoms with Gasteiger partial charge in [-0.3, -0.25) is 4.98 Å². The highest BCUT2D eigenvalue weighted by atomic mass is 19.4. The molecule has 6 rings (SSSR count). The number of fused-ring (bicyclic) bond motifs is 1. The summed E-state index contributed by atoms with van der Waals surface area (Å²) in [7, 11) is 1.58. The number of halogens is 3. The summed E-state index contributed by atoms with van der Waals surface area (Å²) >= 11 is 0. The highest BCUT2D eigenvalue weighted by molar-refractivity contribution is 5.81. The first-order valence-corrected chi connectivity index (χ1v) is 11.8. The SMILES string of the molecule is COc1nn(C2CCCCO2)c2nc(N3CCC4(CN(c5ccnc(C(F)(F)F)c5)C4)C3)ncc12. The average molecular weight is 490 g/mol. The number of alkyl halides is 3. The van der Waals surface area contributed by atoms with Crippen molar-refractivity contribution >= 4 is 22.7 Å². The van der Waals surface area contributed by atoms with Crippen LogP contribution in [0.1, 0.15) is 37.6 Å². The topological polar surface area (TPSA) is 81.4 Å². The van der Waals surface area contributed by atoms with E-state index in [1.54, 1.807) is 24.1 Å². The van der Waals surface area contributed by atoms with Crippen LogP contribution in [0.5, 0.6) is 5.88 Å². The van der Waals surface area contributed by atoms with E-state index >= 15 is 0 Å². The molecule has 3 aromatic heterocycles. The fraction of sp³-hybridized carbons (Fsp3) is 0.565. The molecule has 0 aliphatic carbocycles. The molecule has 1 unspecified atom stereocenters. The van der Waals surface area contributed by atoms with E-state index in [1.807, 2.05) is 4.90 Å². The van der Waals surface area contributed by atoms with Gasteiger partial charge in [0, 0.05) is 56.3 Å². The minimum absolute atomic E-state index is 0.00436. The summed E-state index contributed by atoms with van der Waals surface area (Å²) in [6, 6.07) is 2.76. The lowest BCUT2D eigenvalue weighted by Gasteiger charge is -2.49. The van der Waals surface area contributed by atoms with Gasteiger partial charge in [0.2, 0.25) is 11.8 Å². The molecule has 12 heteroatoms. The Balaban J connectivity index is 1.20.